The van der Waals surface area contributed by atoms with Gasteiger partial charge in [-0.25, -0.2) is 0 Å². The Bertz CT molecular complexity index is 718. The Balaban J connectivity index is 0.00000243. The van der Waals surface area contributed by atoms with E-state index in [0.717, 1.165) is 36.4 Å². The number of aryl methyl sites for hydroxylation is 1. The molecule has 1 aliphatic rings. The molecule has 4 nitrogen and oxygen atoms in total. The van der Waals surface area contributed by atoms with E-state index in [9.17, 15) is 4.79 Å². The number of carbonyl (C=O) groups excluding carboxylic acids is 1. The molecule has 0 aromatic heterocycles. The predicted octanol–water partition coefficient (Wildman–Crippen LogP) is 3.40. The Morgan fingerprint density at radius 3 is 2.54 bits per heavy atom. The summed E-state index contributed by atoms with van der Waals surface area (Å²) in [5, 5.41) is 3.40. The van der Waals surface area contributed by atoms with Crippen molar-refractivity contribution in [3.63, 3.8) is 0 Å². The minimum atomic E-state index is 0. The van der Waals surface area contributed by atoms with Gasteiger partial charge in [0.2, 0.25) is 5.91 Å². The molecule has 1 amide bonds. The van der Waals surface area contributed by atoms with E-state index in [1.807, 2.05) is 29.2 Å². The van der Waals surface area contributed by atoms with Crippen molar-refractivity contribution in [2.75, 3.05) is 26.7 Å². The molecule has 1 unspecified atom stereocenters. The molecule has 140 valence electrons. The van der Waals surface area contributed by atoms with E-state index < -0.39 is 0 Å². The summed E-state index contributed by atoms with van der Waals surface area (Å²) in [6.45, 7) is 4.43. The first-order chi connectivity index (χ1) is 12.2. The van der Waals surface area contributed by atoms with Crippen LogP contribution < -0.4 is 10.1 Å². The molecule has 1 heterocycles. The zero-order valence-electron chi connectivity index (χ0n) is 15.4. The highest BCUT2D eigenvalue weighted by atomic mass is 35.5. The second-order valence-corrected chi connectivity index (χ2v) is 6.40. The van der Waals surface area contributed by atoms with Crippen LogP contribution in [-0.2, 0) is 17.6 Å². The largest absolute Gasteiger partial charge is 0.496 e. The summed E-state index contributed by atoms with van der Waals surface area (Å²) < 4.78 is 5.50. The third-order valence-corrected chi connectivity index (χ3v) is 4.85. The molecule has 2 aromatic carbocycles. The number of hydrogen-bond donors (Lipinski definition) is 1. The molecule has 1 N–H and O–H groups in total. The minimum absolute atomic E-state index is 0. The van der Waals surface area contributed by atoms with Gasteiger partial charge in [-0.05, 0) is 23.6 Å². The molecule has 0 spiro atoms. The van der Waals surface area contributed by atoms with Crippen molar-refractivity contribution < 1.29 is 9.53 Å². The number of methoxy groups -OCH3 is 1. The normalized spacial score (nSPS) is 16.7. The lowest BCUT2D eigenvalue weighted by atomic mass is 10.0. The SMILES string of the molecule is CCc1ccc(CC(=O)N2CCNCC2c2ccccc2OC)cc1.Cl. The predicted molar refractivity (Wildman–Crippen MR) is 107 cm³/mol. The average Bonchev–Trinajstić information content (AvgIpc) is 2.68. The van der Waals surface area contributed by atoms with Gasteiger partial charge in [0.15, 0.2) is 0 Å². The maximum atomic E-state index is 13.0. The van der Waals surface area contributed by atoms with Crippen molar-refractivity contribution in [2.45, 2.75) is 25.8 Å². The number of nitrogens with one attached hydrogen (secondary N) is 1. The summed E-state index contributed by atoms with van der Waals surface area (Å²) in [5.74, 6) is 1.00. The number of carbonyl (C=O) groups is 1. The number of halogens is 1. The van der Waals surface area contributed by atoms with Crippen LogP contribution in [0, 0.1) is 0 Å². The molecule has 1 aliphatic heterocycles. The number of ether oxygens (including phenoxy) is 1. The summed E-state index contributed by atoms with van der Waals surface area (Å²) >= 11 is 0. The standard InChI is InChI=1S/C21H26N2O2.ClH/c1-3-16-8-10-17(11-9-16)14-21(24)23-13-12-22-15-19(23)18-6-4-5-7-20(18)25-2;/h4-11,19,22H,3,12-15H2,1-2H3;1H. The highest BCUT2D eigenvalue weighted by Crippen LogP contribution is 2.30. The van der Waals surface area contributed by atoms with Gasteiger partial charge in [0.25, 0.3) is 0 Å². The molecule has 3 rings (SSSR count). The zero-order valence-corrected chi connectivity index (χ0v) is 16.2. The maximum absolute atomic E-state index is 13.0. The molecule has 5 heteroatoms. The van der Waals surface area contributed by atoms with Gasteiger partial charge in [0.05, 0.1) is 19.6 Å². The van der Waals surface area contributed by atoms with Gasteiger partial charge in [-0.2, -0.15) is 0 Å². The van der Waals surface area contributed by atoms with E-state index in [0.29, 0.717) is 13.0 Å². The number of benzene rings is 2. The molecule has 0 aliphatic carbocycles. The van der Waals surface area contributed by atoms with Gasteiger partial charge >= 0.3 is 0 Å². The lowest BCUT2D eigenvalue weighted by Crippen LogP contribution is -2.49. The Hall–Kier alpha value is -2.04. The molecule has 0 radical (unpaired) electrons. The number of rotatable bonds is 5. The number of amides is 1. The van der Waals surface area contributed by atoms with Crippen molar-refractivity contribution in [1.82, 2.24) is 10.2 Å². The molecule has 1 saturated heterocycles. The lowest BCUT2D eigenvalue weighted by molar-refractivity contribution is -0.133. The first-order valence-electron chi connectivity index (χ1n) is 8.94. The lowest BCUT2D eigenvalue weighted by Gasteiger charge is -2.37. The molecular formula is C21H27ClN2O2. The van der Waals surface area contributed by atoms with Gasteiger partial charge in [-0.1, -0.05) is 49.4 Å². The summed E-state index contributed by atoms with van der Waals surface area (Å²) in [6, 6.07) is 16.3. The van der Waals surface area contributed by atoms with Crippen LogP contribution in [0.5, 0.6) is 5.75 Å². The fourth-order valence-electron chi connectivity index (χ4n) is 3.39. The molecule has 0 saturated carbocycles. The summed E-state index contributed by atoms with van der Waals surface area (Å²) in [7, 11) is 1.68. The second kappa shape index (κ2) is 9.60. The van der Waals surface area contributed by atoms with Gasteiger partial charge < -0.3 is 15.0 Å². The topological polar surface area (TPSA) is 41.6 Å². The van der Waals surface area contributed by atoms with E-state index in [4.69, 9.17) is 4.74 Å². The molecule has 26 heavy (non-hydrogen) atoms. The Morgan fingerprint density at radius 1 is 1.15 bits per heavy atom. The van der Waals surface area contributed by atoms with Gasteiger partial charge in [0, 0.05) is 25.2 Å². The molecule has 0 bridgehead atoms. The second-order valence-electron chi connectivity index (χ2n) is 6.40. The fourth-order valence-corrected chi connectivity index (χ4v) is 3.39. The van der Waals surface area contributed by atoms with Crippen LogP contribution in [0.2, 0.25) is 0 Å². The summed E-state index contributed by atoms with van der Waals surface area (Å²) in [4.78, 5) is 15.0. The maximum Gasteiger partial charge on any atom is 0.227 e. The van der Waals surface area contributed by atoms with Crippen molar-refractivity contribution in [3.8, 4) is 5.75 Å². The highest BCUT2D eigenvalue weighted by Gasteiger charge is 2.29. The first kappa shape index (κ1) is 20.3. The van der Waals surface area contributed by atoms with Crippen LogP contribution in [0.25, 0.3) is 0 Å². The number of nitrogens with zero attached hydrogens (tertiary/aromatic N) is 1. The first-order valence-corrected chi connectivity index (χ1v) is 8.94. The van der Waals surface area contributed by atoms with Crippen LogP contribution in [0.1, 0.15) is 29.7 Å². The average molecular weight is 375 g/mol. The van der Waals surface area contributed by atoms with Gasteiger partial charge in [-0.15, -0.1) is 12.4 Å². The Labute approximate surface area is 162 Å². The fraction of sp³-hybridized carbons (Fsp3) is 0.381. The third-order valence-electron chi connectivity index (χ3n) is 4.85. The van der Waals surface area contributed by atoms with E-state index in [-0.39, 0.29) is 24.4 Å². The summed E-state index contributed by atoms with van der Waals surface area (Å²) in [6.07, 6.45) is 1.46. The zero-order chi connectivity index (χ0) is 17.6. The highest BCUT2D eigenvalue weighted by molar-refractivity contribution is 5.85. The van der Waals surface area contributed by atoms with Crippen molar-refractivity contribution >= 4 is 18.3 Å². The molecular weight excluding hydrogens is 348 g/mol. The smallest absolute Gasteiger partial charge is 0.227 e. The third kappa shape index (κ3) is 4.57. The number of piperazine rings is 1. The van der Waals surface area contributed by atoms with Crippen LogP contribution in [0.4, 0.5) is 0 Å². The van der Waals surface area contributed by atoms with Crippen LogP contribution in [-0.4, -0.2) is 37.6 Å². The number of hydrogen-bond acceptors (Lipinski definition) is 3. The van der Waals surface area contributed by atoms with Crippen LogP contribution in [0.3, 0.4) is 0 Å². The van der Waals surface area contributed by atoms with E-state index in [1.54, 1.807) is 7.11 Å². The van der Waals surface area contributed by atoms with Gasteiger partial charge in [0.1, 0.15) is 5.75 Å². The Morgan fingerprint density at radius 2 is 1.85 bits per heavy atom. The molecule has 2 aromatic rings. The van der Waals surface area contributed by atoms with Crippen molar-refractivity contribution in [1.29, 1.82) is 0 Å². The van der Waals surface area contributed by atoms with Crippen molar-refractivity contribution in [2.24, 2.45) is 0 Å². The van der Waals surface area contributed by atoms with Crippen LogP contribution in [0.15, 0.2) is 48.5 Å². The molecule has 1 atom stereocenters. The van der Waals surface area contributed by atoms with E-state index >= 15 is 0 Å². The quantitative estimate of drug-likeness (QED) is 0.872. The Kier molecular flexibility index (Phi) is 7.49. The van der Waals surface area contributed by atoms with Crippen LogP contribution >= 0.6 is 12.4 Å². The summed E-state index contributed by atoms with van der Waals surface area (Å²) in [5.41, 5.74) is 3.43. The van der Waals surface area contributed by atoms with Gasteiger partial charge in [-0.3, -0.25) is 4.79 Å². The monoisotopic (exact) mass is 374 g/mol. The molecule has 1 fully saturated rings. The van der Waals surface area contributed by atoms with Crippen molar-refractivity contribution in [3.05, 3.63) is 65.2 Å². The number of para-hydroxylation sites is 1. The minimum Gasteiger partial charge on any atom is -0.496 e. The van der Waals surface area contributed by atoms with E-state index in [1.165, 1.54) is 5.56 Å². The van der Waals surface area contributed by atoms with E-state index in [2.05, 4.69) is 36.5 Å².